The largest absolute Gasteiger partial charge is 0.465 e. The number of hydrogen-bond donors (Lipinski definition) is 1. The number of nitrogens with zero attached hydrogens (tertiary/aromatic N) is 2. The summed E-state index contributed by atoms with van der Waals surface area (Å²) in [5.74, 6) is -1.93. The number of hydrazone groups is 1. The van der Waals surface area contributed by atoms with Crippen molar-refractivity contribution in [2.24, 2.45) is 5.10 Å². The van der Waals surface area contributed by atoms with Crippen LogP contribution in [0.1, 0.15) is 27.0 Å². The monoisotopic (exact) mass is 531 g/mol. The lowest BCUT2D eigenvalue weighted by Crippen LogP contribution is -2.39. The van der Waals surface area contributed by atoms with Gasteiger partial charge in [-0.2, -0.15) is 9.41 Å². The molecule has 0 aromatic heterocycles. The number of hydrogen-bond acceptors (Lipinski definition) is 6. The van der Waals surface area contributed by atoms with Crippen molar-refractivity contribution in [3.05, 3.63) is 99.8 Å². The Hall–Kier alpha value is -3.60. The van der Waals surface area contributed by atoms with Crippen LogP contribution in [0, 0.1) is 12.7 Å². The lowest BCUT2D eigenvalue weighted by atomic mass is 10.1. The van der Waals surface area contributed by atoms with Crippen LogP contribution in [0.5, 0.6) is 0 Å². The second kappa shape index (κ2) is 11.9. The van der Waals surface area contributed by atoms with Crippen LogP contribution in [0.25, 0.3) is 0 Å². The molecular formula is C25H23ClFN3O5S. The number of carbonyl (C=O) groups excluding carboxylic acids is 2. The number of carbonyl (C=O) groups is 2. The fraction of sp³-hybridized carbons (Fsp3) is 0.160. The van der Waals surface area contributed by atoms with Gasteiger partial charge < -0.3 is 4.74 Å². The first-order valence-electron chi connectivity index (χ1n) is 10.6. The second-order valence-electron chi connectivity index (χ2n) is 7.69. The van der Waals surface area contributed by atoms with E-state index in [9.17, 15) is 22.4 Å². The predicted octanol–water partition coefficient (Wildman–Crippen LogP) is 3.92. The molecule has 8 nitrogen and oxygen atoms in total. The van der Waals surface area contributed by atoms with E-state index in [-0.39, 0.29) is 15.5 Å². The molecule has 3 aromatic carbocycles. The standard InChI is InChI=1S/C25H23ClFN3O5S/c1-17-6-12-20(13-7-17)36(33,34)30(15-21-22(26)4-3-5-23(21)27)16-24(31)29-28-14-18-8-10-19(11-9-18)25(32)35-2/h3-14H,15-16H2,1-2H3,(H,29,31)/b28-14+. The van der Waals surface area contributed by atoms with Gasteiger partial charge in [0, 0.05) is 17.1 Å². The number of rotatable bonds is 9. The van der Waals surface area contributed by atoms with Crippen LogP contribution in [0.3, 0.4) is 0 Å². The van der Waals surface area contributed by atoms with Crippen LogP contribution in [-0.4, -0.2) is 44.5 Å². The minimum Gasteiger partial charge on any atom is -0.465 e. The summed E-state index contributed by atoms with van der Waals surface area (Å²) in [6.45, 7) is 0.703. The SMILES string of the molecule is COC(=O)c1ccc(/C=N/NC(=O)CN(Cc2c(F)cccc2Cl)S(=O)(=O)c2ccc(C)cc2)cc1. The molecule has 0 bridgehead atoms. The molecule has 0 aliphatic carbocycles. The van der Waals surface area contributed by atoms with Gasteiger partial charge in [0.05, 0.1) is 30.3 Å². The topological polar surface area (TPSA) is 105 Å². The zero-order valence-electron chi connectivity index (χ0n) is 19.4. The van der Waals surface area contributed by atoms with Gasteiger partial charge in [0.1, 0.15) is 5.82 Å². The van der Waals surface area contributed by atoms with Crippen LogP contribution >= 0.6 is 11.6 Å². The van der Waals surface area contributed by atoms with E-state index in [1.54, 1.807) is 24.3 Å². The number of esters is 1. The van der Waals surface area contributed by atoms with Crippen molar-refractivity contribution in [2.45, 2.75) is 18.4 Å². The van der Waals surface area contributed by atoms with Gasteiger partial charge in [0.2, 0.25) is 10.0 Å². The van der Waals surface area contributed by atoms with Gasteiger partial charge in [-0.1, -0.05) is 47.5 Å². The number of benzene rings is 3. The highest BCUT2D eigenvalue weighted by Crippen LogP contribution is 2.24. The summed E-state index contributed by atoms with van der Waals surface area (Å²) in [5, 5.41) is 3.87. The Balaban J connectivity index is 1.79. The number of sulfonamides is 1. The zero-order chi connectivity index (χ0) is 26.3. The Kier molecular flexibility index (Phi) is 8.92. The zero-order valence-corrected chi connectivity index (χ0v) is 21.0. The fourth-order valence-electron chi connectivity index (χ4n) is 3.14. The molecular weight excluding hydrogens is 509 g/mol. The first-order valence-corrected chi connectivity index (χ1v) is 12.4. The molecule has 0 atom stereocenters. The average Bonchev–Trinajstić information content (AvgIpc) is 2.85. The summed E-state index contributed by atoms with van der Waals surface area (Å²) in [5.41, 5.74) is 3.98. The van der Waals surface area contributed by atoms with Gasteiger partial charge in [0.15, 0.2) is 0 Å². The van der Waals surface area contributed by atoms with E-state index in [1.165, 1.54) is 49.7 Å². The number of ether oxygens (including phenoxy) is 1. The molecule has 1 amide bonds. The third-order valence-electron chi connectivity index (χ3n) is 5.11. The van der Waals surface area contributed by atoms with Crippen LogP contribution in [0.15, 0.2) is 76.7 Å². The molecule has 3 rings (SSSR count). The highest BCUT2D eigenvalue weighted by molar-refractivity contribution is 7.89. The predicted molar refractivity (Wildman–Crippen MR) is 134 cm³/mol. The molecule has 3 aromatic rings. The Morgan fingerprint density at radius 3 is 2.36 bits per heavy atom. The van der Waals surface area contributed by atoms with E-state index in [0.717, 1.165) is 15.9 Å². The minimum absolute atomic E-state index is 0.0351. The Labute approximate surface area is 213 Å². The molecule has 0 saturated heterocycles. The normalized spacial score (nSPS) is 11.6. The first-order chi connectivity index (χ1) is 17.1. The minimum atomic E-state index is -4.19. The van der Waals surface area contributed by atoms with Gasteiger partial charge in [0.25, 0.3) is 5.91 Å². The van der Waals surface area contributed by atoms with Crippen LogP contribution in [0.4, 0.5) is 4.39 Å². The maximum atomic E-state index is 14.4. The molecule has 0 radical (unpaired) electrons. The van der Waals surface area contributed by atoms with E-state index in [4.69, 9.17) is 11.6 Å². The van der Waals surface area contributed by atoms with Crippen molar-refractivity contribution in [1.82, 2.24) is 9.73 Å². The highest BCUT2D eigenvalue weighted by Gasteiger charge is 2.28. The maximum absolute atomic E-state index is 14.4. The third kappa shape index (κ3) is 6.75. The summed E-state index contributed by atoms with van der Waals surface area (Å²) >= 11 is 6.10. The quantitative estimate of drug-likeness (QED) is 0.256. The van der Waals surface area contributed by atoms with Gasteiger partial charge in [-0.25, -0.2) is 23.0 Å². The average molecular weight is 532 g/mol. The number of methoxy groups -OCH3 is 1. The van der Waals surface area contributed by atoms with Gasteiger partial charge in [-0.05, 0) is 48.9 Å². The molecule has 36 heavy (non-hydrogen) atoms. The second-order valence-corrected chi connectivity index (χ2v) is 10.0. The van der Waals surface area contributed by atoms with Crippen molar-refractivity contribution in [3.63, 3.8) is 0 Å². The molecule has 0 heterocycles. The van der Waals surface area contributed by atoms with Crippen molar-refractivity contribution in [2.75, 3.05) is 13.7 Å². The summed E-state index contributed by atoms with van der Waals surface area (Å²) in [6.07, 6.45) is 1.32. The fourth-order valence-corrected chi connectivity index (χ4v) is 4.73. The van der Waals surface area contributed by atoms with Crippen molar-refractivity contribution >= 4 is 39.7 Å². The van der Waals surface area contributed by atoms with Crippen LogP contribution < -0.4 is 5.43 Å². The summed E-state index contributed by atoms with van der Waals surface area (Å²) in [4.78, 5) is 24.1. The summed E-state index contributed by atoms with van der Waals surface area (Å²) in [6, 6.07) is 16.3. The number of aryl methyl sites for hydroxylation is 1. The molecule has 0 saturated carbocycles. The van der Waals surface area contributed by atoms with E-state index >= 15 is 0 Å². The Morgan fingerprint density at radius 2 is 1.75 bits per heavy atom. The molecule has 11 heteroatoms. The van der Waals surface area contributed by atoms with Crippen LogP contribution in [-0.2, 0) is 26.1 Å². The number of amides is 1. The molecule has 0 fully saturated rings. The number of nitrogens with one attached hydrogen (secondary N) is 1. The van der Waals surface area contributed by atoms with Crippen molar-refractivity contribution < 1.29 is 27.1 Å². The van der Waals surface area contributed by atoms with Crippen molar-refractivity contribution in [1.29, 1.82) is 0 Å². The first kappa shape index (κ1) is 27.0. The number of halogens is 2. The smallest absolute Gasteiger partial charge is 0.337 e. The molecule has 0 unspecified atom stereocenters. The van der Waals surface area contributed by atoms with Crippen molar-refractivity contribution in [3.8, 4) is 0 Å². The Bertz CT molecular complexity index is 1360. The van der Waals surface area contributed by atoms with Gasteiger partial charge >= 0.3 is 5.97 Å². The van der Waals surface area contributed by atoms with Crippen LogP contribution in [0.2, 0.25) is 5.02 Å². The van der Waals surface area contributed by atoms with Gasteiger partial charge in [-0.15, -0.1) is 0 Å². The molecule has 0 aliphatic rings. The lowest BCUT2D eigenvalue weighted by Gasteiger charge is -2.22. The van der Waals surface area contributed by atoms with E-state index in [2.05, 4.69) is 15.3 Å². The Morgan fingerprint density at radius 1 is 1.08 bits per heavy atom. The summed E-state index contributed by atoms with van der Waals surface area (Å²) in [7, 11) is -2.91. The molecule has 1 N–H and O–H groups in total. The lowest BCUT2D eigenvalue weighted by molar-refractivity contribution is -0.121. The van der Waals surface area contributed by atoms with Gasteiger partial charge in [-0.3, -0.25) is 4.79 Å². The molecule has 0 aliphatic heterocycles. The summed E-state index contributed by atoms with van der Waals surface area (Å²) < 4.78 is 46.5. The van der Waals surface area contributed by atoms with E-state index < -0.39 is 40.8 Å². The van der Waals surface area contributed by atoms with E-state index in [0.29, 0.717) is 11.1 Å². The van der Waals surface area contributed by atoms with E-state index in [1.807, 2.05) is 6.92 Å². The highest BCUT2D eigenvalue weighted by atomic mass is 35.5. The molecule has 188 valence electrons. The molecule has 0 spiro atoms. The maximum Gasteiger partial charge on any atom is 0.337 e. The third-order valence-corrected chi connectivity index (χ3v) is 7.27.